The van der Waals surface area contributed by atoms with Crippen LogP contribution in [-0.2, 0) is 29.1 Å². The number of anilines is 2. The molecule has 306 valence electrons. The van der Waals surface area contributed by atoms with Crippen molar-refractivity contribution in [3.05, 3.63) is 149 Å². The average Bonchev–Trinajstić information content (AvgIpc) is 3.94. The number of benzene rings is 4. The van der Waals surface area contributed by atoms with Crippen LogP contribution in [0.2, 0.25) is 0 Å². The molecule has 0 radical (unpaired) electrons. The van der Waals surface area contributed by atoms with Crippen LogP contribution in [0.4, 0.5) is 11.6 Å². The maximum atomic E-state index is 15.3. The van der Waals surface area contributed by atoms with E-state index in [-0.39, 0.29) is 36.6 Å². The highest BCUT2D eigenvalue weighted by atomic mass is 16.7. The van der Waals surface area contributed by atoms with Gasteiger partial charge in [-0.3, -0.25) is 14.5 Å². The van der Waals surface area contributed by atoms with Gasteiger partial charge in [0.25, 0.3) is 11.8 Å². The van der Waals surface area contributed by atoms with Crippen molar-refractivity contribution in [2.45, 2.75) is 57.3 Å². The van der Waals surface area contributed by atoms with Gasteiger partial charge in [-0.15, -0.1) is 0 Å². The van der Waals surface area contributed by atoms with Gasteiger partial charge in [0.05, 0.1) is 37.3 Å². The molecule has 12 heteroatoms. The number of hydrogen-bond acceptors (Lipinski definition) is 10. The molecule has 0 saturated carbocycles. The number of nitrogens with zero attached hydrogens (tertiary/aromatic N) is 6. The number of morpholine rings is 1. The molecule has 0 N–H and O–H groups in total. The Kier molecular flexibility index (Phi) is 10.6. The number of fused-ring (bicyclic) bond motifs is 3. The zero-order chi connectivity index (χ0) is 40.4. The van der Waals surface area contributed by atoms with E-state index in [1.807, 2.05) is 78.9 Å². The molecule has 2 saturated heterocycles. The molecule has 5 aromatic rings. The number of rotatable bonds is 10. The molecule has 6 heterocycles. The number of aromatic nitrogens is 2. The first-order valence-corrected chi connectivity index (χ1v) is 21.1. The van der Waals surface area contributed by atoms with Crippen LogP contribution in [0.3, 0.4) is 0 Å². The predicted octanol–water partition coefficient (Wildman–Crippen LogP) is 7.23. The summed E-state index contributed by atoms with van der Waals surface area (Å²) in [4.78, 5) is 48.3. The number of allylic oxidation sites excluding steroid dienone is 1. The van der Waals surface area contributed by atoms with Gasteiger partial charge in [0.15, 0.2) is 17.2 Å². The lowest BCUT2D eigenvalue weighted by Crippen LogP contribution is -2.52. The third kappa shape index (κ3) is 7.57. The summed E-state index contributed by atoms with van der Waals surface area (Å²) in [5.41, 5.74) is 7.28. The number of carbonyl (C=O) groups excluding carboxylic acids is 2. The van der Waals surface area contributed by atoms with Crippen molar-refractivity contribution in [2.24, 2.45) is 0 Å². The average molecular weight is 805 g/mol. The first-order valence-electron chi connectivity index (χ1n) is 21.1. The van der Waals surface area contributed by atoms with Crippen molar-refractivity contribution in [3.63, 3.8) is 0 Å². The highest BCUT2D eigenvalue weighted by molar-refractivity contribution is 6.10. The van der Waals surface area contributed by atoms with Gasteiger partial charge in [-0.1, -0.05) is 72.8 Å². The van der Waals surface area contributed by atoms with Crippen LogP contribution < -0.4 is 19.1 Å². The molecular weight excluding hydrogens is 757 g/mol. The Bertz CT molecular complexity index is 2390. The summed E-state index contributed by atoms with van der Waals surface area (Å²) < 4.78 is 23.5. The minimum absolute atomic E-state index is 0.0253. The van der Waals surface area contributed by atoms with Gasteiger partial charge >= 0.3 is 0 Å². The lowest BCUT2D eigenvalue weighted by Gasteiger charge is -2.41. The van der Waals surface area contributed by atoms with Crippen LogP contribution >= 0.6 is 0 Å². The Morgan fingerprint density at radius 1 is 0.800 bits per heavy atom. The van der Waals surface area contributed by atoms with Crippen LogP contribution in [0.1, 0.15) is 64.3 Å². The van der Waals surface area contributed by atoms with Gasteiger partial charge in [0, 0.05) is 62.0 Å². The molecule has 4 aromatic carbocycles. The molecule has 0 bridgehead atoms. The topological polar surface area (TPSA) is 110 Å². The summed E-state index contributed by atoms with van der Waals surface area (Å²) in [5.74, 6) is 1.72. The highest BCUT2D eigenvalue weighted by Gasteiger charge is 2.43. The molecule has 1 aromatic heterocycles. The number of piperidine rings is 1. The molecule has 5 aliphatic rings. The molecular formula is C48H48N6O6. The van der Waals surface area contributed by atoms with E-state index in [4.69, 9.17) is 18.9 Å². The fraction of sp³-hybridized carbons (Fsp3) is 0.333. The first kappa shape index (κ1) is 38.0. The van der Waals surface area contributed by atoms with Crippen molar-refractivity contribution >= 4 is 23.5 Å². The van der Waals surface area contributed by atoms with Gasteiger partial charge < -0.3 is 28.7 Å². The summed E-state index contributed by atoms with van der Waals surface area (Å²) in [6.45, 7) is 5.59. The Morgan fingerprint density at radius 2 is 1.52 bits per heavy atom. The minimum Gasteiger partial charge on any atom is -0.486 e. The Hall–Kier alpha value is -6.24. The second kappa shape index (κ2) is 16.8. The van der Waals surface area contributed by atoms with E-state index in [9.17, 15) is 0 Å². The quantitative estimate of drug-likeness (QED) is 0.144. The van der Waals surface area contributed by atoms with Crippen molar-refractivity contribution in [3.8, 4) is 17.2 Å². The number of ether oxygens (including phenoxy) is 4. The Balaban J connectivity index is 0.981. The molecule has 2 atom stereocenters. The van der Waals surface area contributed by atoms with Crippen molar-refractivity contribution < 1.29 is 28.5 Å². The first-order chi connectivity index (χ1) is 29.6. The van der Waals surface area contributed by atoms with Gasteiger partial charge in [0.1, 0.15) is 6.61 Å². The van der Waals surface area contributed by atoms with Gasteiger partial charge in [0.2, 0.25) is 12.7 Å². The van der Waals surface area contributed by atoms with E-state index in [0.29, 0.717) is 66.9 Å². The summed E-state index contributed by atoms with van der Waals surface area (Å²) in [5, 5.41) is 0. The lowest BCUT2D eigenvalue weighted by molar-refractivity contribution is -0.114. The Labute approximate surface area is 349 Å². The Morgan fingerprint density at radius 3 is 2.30 bits per heavy atom. The smallest absolute Gasteiger partial charge is 0.263 e. The van der Waals surface area contributed by atoms with Gasteiger partial charge in [-0.2, -0.15) is 0 Å². The molecule has 5 aliphatic heterocycles. The molecule has 12 nitrogen and oxygen atoms in total. The second-order valence-electron chi connectivity index (χ2n) is 16.0. The van der Waals surface area contributed by atoms with Gasteiger partial charge in [-0.25, -0.2) is 14.9 Å². The molecule has 1 unspecified atom stereocenters. The summed E-state index contributed by atoms with van der Waals surface area (Å²) in [6, 6.07) is 31.5. The van der Waals surface area contributed by atoms with Gasteiger partial charge in [-0.05, 0) is 72.2 Å². The number of para-hydroxylation sites is 1. The normalized spacial score (nSPS) is 19.8. The van der Waals surface area contributed by atoms with E-state index in [0.717, 1.165) is 68.7 Å². The largest absolute Gasteiger partial charge is 0.486 e. The van der Waals surface area contributed by atoms with E-state index >= 15 is 9.59 Å². The van der Waals surface area contributed by atoms with Crippen molar-refractivity contribution in [1.29, 1.82) is 0 Å². The van der Waals surface area contributed by atoms with E-state index in [1.165, 1.54) is 11.1 Å². The zero-order valence-electron chi connectivity index (χ0n) is 33.6. The lowest BCUT2D eigenvalue weighted by atomic mass is 9.90. The highest BCUT2D eigenvalue weighted by Crippen LogP contribution is 2.48. The van der Waals surface area contributed by atoms with E-state index in [2.05, 4.69) is 42.9 Å². The van der Waals surface area contributed by atoms with Crippen molar-refractivity contribution in [2.75, 3.05) is 51.1 Å². The SMILES string of the molecule is O=C(C1=C2CCCCN2C(c2cc3c(cc2C(=O)N2Cc4ccccc4C[C@H]2CN2CCOCC2)OCO3)C1)N(c1ccccc1)c1ncc(OCc2ccccc2)cn1. The maximum absolute atomic E-state index is 15.3. The third-order valence-corrected chi connectivity index (χ3v) is 12.4. The van der Waals surface area contributed by atoms with Crippen LogP contribution in [0.25, 0.3) is 0 Å². The van der Waals surface area contributed by atoms with E-state index < -0.39 is 0 Å². The number of carbonyl (C=O) groups is 2. The molecule has 2 amide bonds. The standard InChI is InChI=1S/C48H48N6O6/c55-46(53-29-35-14-8-7-13-34(35)23-37(53)30-51-19-21-57-22-20-51)40-26-45-44(59-32-60-45)25-39(40)43-24-41(42-17-9-10-18-52(42)43)47(56)54(36-15-5-2-6-16-36)48-49-27-38(28-50-48)58-31-33-11-3-1-4-12-33/h1-8,11-16,25-28,37,43H,9-10,17-24,29-32H2/t37-,43?/m0/s1. The fourth-order valence-corrected chi connectivity index (χ4v) is 9.35. The monoisotopic (exact) mass is 804 g/mol. The summed E-state index contributed by atoms with van der Waals surface area (Å²) in [6.07, 6.45) is 7.13. The van der Waals surface area contributed by atoms with Crippen LogP contribution in [0.5, 0.6) is 17.2 Å². The molecule has 2 fully saturated rings. The molecule has 10 rings (SSSR count). The summed E-state index contributed by atoms with van der Waals surface area (Å²) in [7, 11) is 0. The number of amides is 2. The van der Waals surface area contributed by atoms with E-state index in [1.54, 1.807) is 17.3 Å². The maximum Gasteiger partial charge on any atom is 0.263 e. The molecule has 0 aliphatic carbocycles. The number of hydrogen-bond donors (Lipinski definition) is 0. The fourth-order valence-electron chi connectivity index (χ4n) is 9.35. The minimum atomic E-state index is -0.269. The summed E-state index contributed by atoms with van der Waals surface area (Å²) >= 11 is 0. The van der Waals surface area contributed by atoms with Crippen molar-refractivity contribution in [1.82, 2.24) is 24.7 Å². The second-order valence-corrected chi connectivity index (χ2v) is 16.0. The predicted molar refractivity (Wildman–Crippen MR) is 225 cm³/mol. The van der Waals surface area contributed by atoms with Crippen LogP contribution in [-0.4, -0.2) is 88.7 Å². The third-order valence-electron chi connectivity index (χ3n) is 12.4. The molecule has 0 spiro atoms. The molecule has 60 heavy (non-hydrogen) atoms. The zero-order valence-corrected chi connectivity index (χ0v) is 33.6. The van der Waals surface area contributed by atoms with Crippen LogP contribution in [0, 0.1) is 0 Å². The van der Waals surface area contributed by atoms with Crippen LogP contribution in [0.15, 0.2) is 121 Å².